The minimum absolute atomic E-state index is 0.239. The summed E-state index contributed by atoms with van der Waals surface area (Å²) in [6.07, 6.45) is 5.38. The summed E-state index contributed by atoms with van der Waals surface area (Å²) >= 11 is 11.4. The van der Waals surface area contributed by atoms with Crippen molar-refractivity contribution in [3.05, 3.63) is 64.5 Å². The Morgan fingerprint density at radius 2 is 2.11 bits per heavy atom. The first kappa shape index (κ1) is 19.3. The predicted molar refractivity (Wildman–Crippen MR) is 108 cm³/mol. The SMILES string of the molecule is CCn1cc(CNC(=S)Nc2cnn(Cc3c(F)cccc3Cl)c2)c(C)n1. The number of anilines is 1. The van der Waals surface area contributed by atoms with Gasteiger partial charge in [-0.1, -0.05) is 17.7 Å². The minimum atomic E-state index is -0.354. The molecular formula is C18H20ClFN6S. The third kappa shape index (κ3) is 4.84. The van der Waals surface area contributed by atoms with Gasteiger partial charge in [-0.3, -0.25) is 9.36 Å². The van der Waals surface area contributed by atoms with E-state index in [1.54, 1.807) is 29.2 Å². The molecule has 1 aromatic carbocycles. The van der Waals surface area contributed by atoms with Crippen LogP contribution in [-0.2, 0) is 19.6 Å². The van der Waals surface area contributed by atoms with Crippen LogP contribution in [0.2, 0.25) is 5.02 Å². The molecule has 0 amide bonds. The molecule has 0 unspecified atom stereocenters. The van der Waals surface area contributed by atoms with E-state index >= 15 is 0 Å². The molecule has 0 atom stereocenters. The van der Waals surface area contributed by atoms with Gasteiger partial charge in [0.05, 0.1) is 24.1 Å². The van der Waals surface area contributed by atoms with Crippen LogP contribution in [0.4, 0.5) is 10.1 Å². The largest absolute Gasteiger partial charge is 0.358 e. The van der Waals surface area contributed by atoms with Crippen LogP contribution in [-0.4, -0.2) is 24.7 Å². The summed E-state index contributed by atoms with van der Waals surface area (Å²) in [7, 11) is 0. The molecule has 2 heterocycles. The van der Waals surface area contributed by atoms with Crippen LogP contribution in [0.1, 0.15) is 23.7 Å². The van der Waals surface area contributed by atoms with Gasteiger partial charge in [-0.2, -0.15) is 10.2 Å². The van der Waals surface area contributed by atoms with Crippen LogP contribution in [0.3, 0.4) is 0 Å². The monoisotopic (exact) mass is 406 g/mol. The van der Waals surface area contributed by atoms with E-state index in [0.717, 1.165) is 17.8 Å². The lowest BCUT2D eigenvalue weighted by Crippen LogP contribution is -2.27. The van der Waals surface area contributed by atoms with Gasteiger partial charge in [-0.25, -0.2) is 4.39 Å². The third-order valence-electron chi connectivity index (χ3n) is 4.08. The van der Waals surface area contributed by atoms with Crippen molar-refractivity contribution in [2.45, 2.75) is 33.5 Å². The highest BCUT2D eigenvalue weighted by molar-refractivity contribution is 7.80. The fraction of sp³-hybridized carbons (Fsp3) is 0.278. The van der Waals surface area contributed by atoms with E-state index in [0.29, 0.717) is 27.9 Å². The molecule has 142 valence electrons. The molecule has 0 fully saturated rings. The number of hydrogen-bond acceptors (Lipinski definition) is 3. The van der Waals surface area contributed by atoms with Gasteiger partial charge in [0.15, 0.2) is 5.11 Å². The summed E-state index contributed by atoms with van der Waals surface area (Å²) in [6, 6.07) is 4.61. The maximum Gasteiger partial charge on any atom is 0.171 e. The van der Waals surface area contributed by atoms with Crippen molar-refractivity contribution in [3.8, 4) is 0 Å². The number of hydrogen-bond donors (Lipinski definition) is 2. The average Bonchev–Trinajstić information content (AvgIpc) is 3.22. The maximum atomic E-state index is 13.9. The molecule has 0 aliphatic heterocycles. The number of aromatic nitrogens is 4. The van der Waals surface area contributed by atoms with Crippen molar-refractivity contribution in [3.63, 3.8) is 0 Å². The highest BCUT2D eigenvalue weighted by atomic mass is 35.5. The van der Waals surface area contributed by atoms with Crippen LogP contribution in [0.25, 0.3) is 0 Å². The lowest BCUT2D eigenvalue weighted by atomic mass is 10.2. The smallest absolute Gasteiger partial charge is 0.171 e. The molecule has 0 radical (unpaired) electrons. The summed E-state index contributed by atoms with van der Waals surface area (Å²) in [6.45, 7) is 5.66. The fourth-order valence-corrected chi connectivity index (χ4v) is 3.02. The molecule has 0 aliphatic rings. The third-order valence-corrected chi connectivity index (χ3v) is 4.68. The molecule has 0 bridgehead atoms. The zero-order valence-corrected chi connectivity index (χ0v) is 16.6. The quantitative estimate of drug-likeness (QED) is 0.611. The fourth-order valence-electron chi connectivity index (χ4n) is 2.61. The topological polar surface area (TPSA) is 59.7 Å². The Kier molecular flexibility index (Phi) is 6.08. The standard InChI is InChI=1S/C18H20ClFN6S/c1-3-25-9-13(12(2)24-25)7-21-18(27)23-14-8-22-26(10-14)11-15-16(19)5-4-6-17(15)20/h4-6,8-10H,3,7,11H2,1-2H3,(H2,21,23,27). The predicted octanol–water partition coefficient (Wildman–Crippen LogP) is 3.74. The van der Waals surface area contributed by atoms with Crippen molar-refractivity contribution in [1.29, 1.82) is 0 Å². The Balaban J connectivity index is 1.57. The summed E-state index contributed by atoms with van der Waals surface area (Å²) in [5, 5.41) is 15.7. The molecule has 0 aliphatic carbocycles. The number of nitrogens with one attached hydrogen (secondary N) is 2. The number of thiocarbonyl (C=S) groups is 1. The van der Waals surface area contributed by atoms with Crippen LogP contribution in [0.5, 0.6) is 0 Å². The maximum absolute atomic E-state index is 13.9. The van der Waals surface area contributed by atoms with Gasteiger partial charge >= 0.3 is 0 Å². The Morgan fingerprint density at radius 1 is 1.30 bits per heavy atom. The van der Waals surface area contributed by atoms with E-state index in [4.69, 9.17) is 23.8 Å². The van der Waals surface area contributed by atoms with Crippen LogP contribution in [0.15, 0.2) is 36.8 Å². The zero-order chi connectivity index (χ0) is 19.4. The first-order chi connectivity index (χ1) is 13.0. The van der Waals surface area contributed by atoms with Crippen LogP contribution < -0.4 is 10.6 Å². The molecule has 2 N–H and O–H groups in total. The first-order valence-electron chi connectivity index (χ1n) is 8.49. The summed E-state index contributed by atoms with van der Waals surface area (Å²) in [5.74, 6) is -0.354. The Labute approximate surface area is 167 Å². The second-order valence-corrected chi connectivity index (χ2v) is 6.85. The normalized spacial score (nSPS) is 10.8. The summed E-state index contributed by atoms with van der Waals surface area (Å²) in [4.78, 5) is 0. The van der Waals surface area contributed by atoms with Crippen molar-refractivity contribution in [2.24, 2.45) is 0 Å². The van der Waals surface area contributed by atoms with Gasteiger partial charge in [0.25, 0.3) is 0 Å². The Morgan fingerprint density at radius 3 is 2.81 bits per heavy atom. The zero-order valence-electron chi connectivity index (χ0n) is 15.0. The number of benzene rings is 1. The second kappa shape index (κ2) is 8.49. The van der Waals surface area contributed by atoms with Gasteiger partial charge in [0.1, 0.15) is 5.82 Å². The van der Waals surface area contributed by atoms with Gasteiger partial charge in [0.2, 0.25) is 0 Å². The number of nitrogens with zero attached hydrogens (tertiary/aromatic N) is 4. The van der Waals surface area contributed by atoms with Gasteiger partial charge in [0, 0.05) is 41.6 Å². The average molecular weight is 407 g/mol. The van der Waals surface area contributed by atoms with Gasteiger partial charge in [-0.15, -0.1) is 0 Å². The molecular weight excluding hydrogens is 387 g/mol. The van der Waals surface area contributed by atoms with E-state index in [2.05, 4.69) is 20.8 Å². The van der Waals surface area contributed by atoms with Gasteiger partial charge < -0.3 is 10.6 Å². The molecule has 0 saturated carbocycles. The van der Waals surface area contributed by atoms with Gasteiger partial charge in [-0.05, 0) is 38.2 Å². The molecule has 2 aromatic heterocycles. The minimum Gasteiger partial charge on any atom is -0.358 e. The number of halogens is 2. The van der Waals surface area contributed by atoms with E-state index < -0.39 is 0 Å². The van der Waals surface area contributed by atoms with Crippen molar-refractivity contribution in [1.82, 2.24) is 24.9 Å². The molecule has 0 spiro atoms. The highest BCUT2D eigenvalue weighted by Crippen LogP contribution is 2.20. The van der Waals surface area contributed by atoms with Crippen LogP contribution in [0, 0.1) is 12.7 Å². The second-order valence-electron chi connectivity index (χ2n) is 6.03. The molecule has 9 heteroatoms. The van der Waals surface area contributed by atoms with Crippen molar-refractivity contribution in [2.75, 3.05) is 5.32 Å². The lowest BCUT2D eigenvalue weighted by molar-refractivity contribution is 0.585. The lowest BCUT2D eigenvalue weighted by Gasteiger charge is -2.08. The molecule has 3 rings (SSSR count). The van der Waals surface area contributed by atoms with E-state index in [9.17, 15) is 4.39 Å². The Bertz CT molecular complexity index is 931. The van der Waals surface area contributed by atoms with E-state index in [-0.39, 0.29) is 12.4 Å². The molecule has 0 saturated heterocycles. The van der Waals surface area contributed by atoms with E-state index in [1.165, 1.54) is 6.07 Å². The molecule has 27 heavy (non-hydrogen) atoms. The van der Waals surface area contributed by atoms with Crippen molar-refractivity contribution < 1.29 is 4.39 Å². The van der Waals surface area contributed by atoms with E-state index in [1.807, 2.05) is 24.7 Å². The highest BCUT2D eigenvalue weighted by Gasteiger charge is 2.09. The Hall–Kier alpha value is -2.45. The summed E-state index contributed by atoms with van der Waals surface area (Å²) < 4.78 is 17.4. The number of aryl methyl sites for hydroxylation is 2. The number of rotatable bonds is 6. The van der Waals surface area contributed by atoms with Crippen molar-refractivity contribution >= 4 is 34.6 Å². The molecule has 6 nitrogen and oxygen atoms in total. The molecule has 3 aromatic rings. The summed E-state index contributed by atoms with van der Waals surface area (Å²) in [5.41, 5.74) is 3.17. The van der Waals surface area contributed by atoms with Crippen LogP contribution >= 0.6 is 23.8 Å². The first-order valence-corrected chi connectivity index (χ1v) is 9.28.